The zero-order valence-electron chi connectivity index (χ0n) is 13.8. The summed E-state index contributed by atoms with van der Waals surface area (Å²) in [6.07, 6.45) is 1.53. The van der Waals surface area contributed by atoms with Gasteiger partial charge in [-0.1, -0.05) is 18.2 Å². The summed E-state index contributed by atoms with van der Waals surface area (Å²) in [6, 6.07) is 10.4. The second-order valence-electron chi connectivity index (χ2n) is 6.05. The number of carboxylic acid groups (broad SMARTS) is 1. The number of aromatic carboxylic acids is 1. The first kappa shape index (κ1) is 15.8. The Kier molecular flexibility index (Phi) is 4.01. The summed E-state index contributed by atoms with van der Waals surface area (Å²) in [5.41, 5.74) is 1.99. The lowest BCUT2D eigenvalue weighted by molar-refractivity contribution is 0.0701. The van der Waals surface area contributed by atoms with Crippen LogP contribution in [0.3, 0.4) is 0 Å². The fourth-order valence-corrected chi connectivity index (χ4v) is 4.29. The van der Waals surface area contributed by atoms with Gasteiger partial charge in [0.05, 0.1) is 5.39 Å². The molecule has 0 atom stereocenters. The SMILES string of the molecule is Cc1c(C(=O)O)sc2ncnc(N3CCN(c4ccccc4)CC3)c12. The number of hydrogen-bond acceptors (Lipinski definition) is 6. The van der Waals surface area contributed by atoms with Gasteiger partial charge in [-0.05, 0) is 24.6 Å². The maximum Gasteiger partial charge on any atom is 0.346 e. The van der Waals surface area contributed by atoms with E-state index in [2.05, 4.69) is 44.0 Å². The topological polar surface area (TPSA) is 69.6 Å². The number of carbonyl (C=O) groups is 1. The number of thiophene rings is 1. The normalized spacial score (nSPS) is 14.9. The molecule has 0 aliphatic carbocycles. The molecule has 128 valence electrons. The number of anilines is 2. The lowest BCUT2D eigenvalue weighted by Gasteiger charge is -2.37. The summed E-state index contributed by atoms with van der Waals surface area (Å²) in [4.78, 5) is 25.8. The molecule has 1 aromatic carbocycles. The maximum atomic E-state index is 11.4. The summed E-state index contributed by atoms with van der Waals surface area (Å²) in [6.45, 7) is 5.35. The van der Waals surface area contributed by atoms with E-state index in [1.54, 1.807) is 0 Å². The summed E-state index contributed by atoms with van der Waals surface area (Å²) < 4.78 is 0. The van der Waals surface area contributed by atoms with E-state index >= 15 is 0 Å². The van der Waals surface area contributed by atoms with Crippen LogP contribution in [0.25, 0.3) is 10.2 Å². The molecule has 1 aliphatic rings. The number of piperazine rings is 1. The molecule has 4 rings (SSSR count). The largest absolute Gasteiger partial charge is 0.477 e. The molecule has 2 aromatic heterocycles. The molecule has 25 heavy (non-hydrogen) atoms. The van der Waals surface area contributed by atoms with E-state index in [0.29, 0.717) is 4.88 Å². The van der Waals surface area contributed by atoms with E-state index in [0.717, 1.165) is 47.8 Å². The number of hydrogen-bond donors (Lipinski definition) is 1. The monoisotopic (exact) mass is 354 g/mol. The van der Waals surface area contributed by atoms with Crippen molar-refractivity contribution in [1.29, 1.82) is 0 Å². The van der Waals surface area contributed by atoms with Crippen LogP contribution in [0, 0.1) is 6.92 Å². The van der Waals surface area contributed by atoms with Crippen molar-refractivity contribution in [3.05, 3.63) is 47.1 Å². The smallest absolute Gasteiger partial charge is 0.346 e. The average molecular weight is 354 g/mol. The highest BCUT2D eigenvalue weighted by molar-refractivity contribution is 7.20. The Hall–Kier alpha value is -2.67. The predicted octanol–water partition coefficient (Wildman–Crippen LogP) is 3.02. The molecule has 1 N–H and O–H groups in total. The molecule has 0 amide bonds. The van der Waals surface area contributed by atoms with Crippen LogP contribution in [-0.4, -0.2) is 47.2 Å². The number of nitrogens with zero attached hydrogens (tertiary/aromatic N) is 4. The second-order valence-corrected chi connectivity index (χ2v) is 7.05. The third-order valence-corrected chi connectivity index (χ3v) is 5.79. The molecule has 3 aromatic rings. The first-order valence-electron chi connectivity index (χ1n) is 8.17. The summed E-state index contributed by atoms with van der Waals surface area (Å²) in [7, 11) is 0. The molecule has 1 aliphatic heterocycles. The maximum absolute atomic E-state index is 11.4. The van der Waals surface area contributed by atoms with Crippen LogP contribution in [0.2, 0.25) is 0 Å². The van der Waals surface area contributed by atoms with Crippen LogP contribution in [0.15, 0.2) is 36.7 Å². The molecule has 3 heterocycles. The minimum absolute atomic E-state index is 0.347. The van der Waals surface area contributed by atoms with Crippen molar-refractivity contribution in [2.75, 3.05) is 36.0 Å². The Morgan fingerprint density at radius 2 is 1.76 bits per heavy atom. The molecular formula is C18H18N4O2S. The van der Waals surface area contributed by atoms with Crippen molar-refractivity contribution in [1.82, 2.24) is 9.97 Å². The van der Waals surface area contributed by atoms with Crippen LogP contribution >= 0.6 is 11.3 Å². The lowest BCUT2D eigenvalue weighted by atomic mass is 10.1. The minimum atomic E-state index is -0.902. The number of carboxylic acids is 1. The Balaban J connectivity index is 1.62. The summed E-state index contributed by atoms with van der Waals surface area (Å²) >= 11 is 1.22. The Labute approximate surface area is 149 Å². The third kappa shape index (κ3) is 2.80. The number of benzene rings is 1. The van der Waals surface area contributed by atoms with Crippen molar-refractivity contribution >= 4 is 39.0 Å². The first-order chi connectivity index (χ1) is 12.1. The first-order valence-corrected chi connectivity index (χ1v) is 8.99. The van der Waals surface area contributed by atoms with Gasteiger partial charge in [-0.3, -0.25) is 0 Å². The number of fused-ring (bicyclic) bond motifs is 1. The van der Waals surface area contributed by atoms with Crippen LogP contribution in [0.5, 0.6) is 0 Å². The number of rotatable bonds is 3. The van der Waals surface area contributed by atoms with Gasteiger partial charge in [0, 0.05) is 31.9 Å². The van der Waals surface area contributed by atoms with Crippen molar-refractivity contribution < 1.29 is 9.90 Å². The van der Waals surface area contributed by atoms with Gasteiger partial charge in [0.2, 0.25) is 0 Å². The highest BCUT2D eigenvalue weighted by Gasteiger charge is 2.24. The van der Waals surface area contributed by atoms with E-state index in [9.17, 15) is 9.90 Å². The van der Waals surface area contributed by atoms with Crippen molar-refractivity contribution in [3.8, 4) is 0 Å². The Bertz CT molecular complexity index is 917. The van der Waals surface area contributed by atoms with Gasteiger partial charge < -0.3 is 14.9 Å². The quantitative estimate of drug-likeness (QED) is 0.780. The lowest BCUT2D eigenvalue weighted by Crippen LogP contribution is -2.46. The van der Waals surface area contributed by atoms with E-state index in [1.165, 1.54) is 23.4 Å². The van der Waals surface area contributed by atoms with Crippen molar-refractivity contribution in [2.24, 2.45) is 0 Å². The van der Waals surface area contributed by atoms with Crippen LogP contribution in [-0.2, 0) is 0 Å². The number of aromatic nitrogens is 2. The highest BCUT2D eigenvalue weighted by Crippen LogP contribution is 2.35. The van der Waals surface area contributed by atoms with Gasteiger partial charge in [-0.25, -0.2) is 14.8 Å². The van der Waals surface area contributed by atoms with E-state index < -0.39 is 5.97 Å². The van der Waals surface area contributed by atoms with E-state index in [-0.39, 0.29) is 0 Å². The average Bonchev–Trinajstić information content (AvgIpc) is 3.00. The van der Waals surface area contributed by atoms with Gasteiger partial charge in [0.15, 0.2) is 0 Å². The molecule has 1 saturated heterocycles. The minimum Gasteiger partial charge on any atom is -0.477 e. The predicted molar refractivity (Wildman–Crippen MR) is 100.0 cm³/mol. The molecule has 6 nitrogen and oxygen atoms in total. The summed E-state index contributed by atoms with van der Waals surface area (Å²) in [5.74, 6) is -0.0562. The van der Waals surface area contributed by atoms with Crippen LogP contribution in [0.4, 0.5) is 11.5 Å². The molecule has 1 fully saturated rings. The summed E-state index contributed by atoms with van der Waals surface area (Å²) in [5, 5.41) is 10.2. The van der Waals surface area contributed by atoms with Crippen molar-refractivity contribution in [3.63, 3.8) is 0 Å². The molecular weight excluding hydrogens is 336 g/mol. The Morgan fingerprint density at radius 3 is 2.44 bits per heavy atom. The number of para-hydroxylation sites is 1. The fraction of sp³-hybridized carbons (Fsp3) is 0.278. The van der Waals surface area contributed by atoms with Crippen LogP contribution < -0.4 is 9.80 Å². The van der Waals surface area contributed by atoms with Gasteiger partial charge in [-0.2, -0.15) is 0 Å². The standard InChI is InChI=1S/C18H18N4O2S/c1-12-14-16(19-11-20-17(14)25-15(12)18(23)24)22-9-7-21(8-10-22)13-5-3-2-4-6-13/h2-6,11H,7-10H2,1H3,(H,23,24). The highest BCUT2D eigenvalue weighted by atomic mass is 32.1. The molecule has 7 heteroatoms. The van der Waals surface area contributed by atoms with Gasteiger partial charge in [0.25, 0.3) is 0 Å². The second kappa shape index (κ2) is 6.33. The van der Waals surface area contributed by atoms with Crippen molar-refractivity contribution in [2.45, 2.75) is 6.92 Å². The van der Waals surface area contributed by atoms with Gasteiger partial charge in [0.1, 0.15) is 21.9 Å². The molecule has 0 bridgehead atoms. The molecule has 0 saturated carbocycles. The van der Waals surface area contributed by atoms with E-state index in [4.69, 9.17) is 0 Å². The van der Waals surface area contributed by atoms with E-state index in [1.807, 2.05) is 13.0 Å². The van der Waals surface area contributed by atoms with Crippen LogP contribution in [0.1, 0.15) is 15.2 Å². The fourth-order valence-electron chi connectivity index (χ4n) is 3.31. The molecule has 0 spiro atoms. The Morgan fingerprint density at radius 1 is 1.08 bits per heavy atom. The third-order valence-electron chi connectivity index (χ3n) is 4.60. The zero-order chi connectivity index (χ0) is 17.4. The van der Waals surface area contributed by atoms with Gasteiger partial charge in [-0.15, -0.1) is 11.3 Å². The molecule has 0 radical (unpaired) electrons. The number of aryl methyl sites for hydroxylation is 1. The zero-order valence-corrected chi connectivity index (χ0v) is 14.7. The van der Waals surface area contributed by atoms with Gasteiger partial charge >= 0.3 is 5.97 Å². The molecule has 0 unspecified atom stereocenters.